The lowest BCUT2D eigenvalue weighted by Gasteiger charge is -2.34. The molecular weight excluding hydrogens is 306 g/mol. The third-order valence-electron chi connectivity index (χ3n) is 4.38. The maximum absolute atomic E-state index is 5.38. The monoisotopic (exact) mass is 331 g/mol. The molecule has 0 radical (unpaired) electrons. The van der Waals surface area contributed by atoms with Crippen LogP contribution in [0.15, 0.2) is 28.8 Å². The van der Waals surface area contributed by atoms with Gasteiger partial charge in [0.15, 0.2) is 11.5 Å². The first-order valence-electron chi connectivity index (χ1n) is 8.25. The van der Waals surface area contributed by atoms with Crippen molar-refractivity contribution in [2.45, 2.75) is 20.0 Å². The van der Waals surface area contributed by atoms with Crippen molar-refractivity contribution in [1.29, 1.82) is 0 Å². The lowest BCUT2D eigenvalue weighted by Crippen LogP contribution is -2.45. The highest BCUT2D eigenvalue weighted by Gasteiger charge is 2.18. The molecule has 1 aliphatic rings. The highest BCUT2D eigenvalue weighted by atomic mass is 16.5. The zero-order valence-corrected chi connectivity index (χ0v) is 14.6. The predicted molar refractivity (Wildman–Crippen MR) is 91.3 cm³/mol. The molecule has 6 nitrogen and oxygen atoms in total. The molecule has 6 heteroatoms. The zero-order chi connectivity index (χ0) is 16.9. The first-order chi connectivity index (χ1) is 11.7. The van der Waals surface area contributed by atoms with E-state index in [0.717, 1.165) is 62.2 Å². The fourth-order valence-corrected chi connectivity index (χ4v) is 3.06. The van der Waals surface area contributed by atoms with E-state index in [1.165, 1.54) is 5.56 Å². The van der Waals surface area contributed by atoms with Gasteiger partial charge in [0, 0.05) is 45.3 Å². The minimum Gasteiger partial charge on any atom is -0.493 e. The molecule has 2 heterocycles. The Kier molecular flexibility index (Phi) is 5.37. The number of rotatable bonds is 6. The van der Waals surface area contributed by atoms with Gasteiger partial charge in [0.1, 0.15) is 5.76 Å². The van der Waals surface area contributed by atoms with Crippen LogP contribution in [0, 0.1) is 6.92 Å². The minimum absolute atomic E-state index is 0.772. The van der Waals surface area contributed by atoms with Crippen LogP contribution in [0.25, 0.3) is 0 Å². The van der Waals surface area contributed by atoms with Crippen molar-refractivity contribution in [2.75, 3.05) is 40.4 Å². The van der Waals surface area contributed by atoms with E-state index < -0.39 is 0 Å². The van der Waals surface area contributed by atoms with E-state index in [0.29, 0.717) is 0 Å². The number of aromatic nitrogens is 1. The molecule has 2 aromatic rings. The molecule has 24 heavy (non-hydrogen) atoms. The van der Waals surface area contributed by atoms with Gasteiger partial charge in [0.2, 0.25) is 0 Å². The fourth-order valence-electron chi connectivity index (χ4n) is 3.06. The van der Waals surface area contributed by atoms with Gasteiger partial charge in [-0.15, -0.1) is 0 Å². The van der Waals surface area contributed by atoms with E-state index in [4.69, 9.17) is 14.0 Å². The summed E-state index contributed by atoms with van der Waals surface area (Å²) < 4.78 is 15.8. The number of ether oxygens (including phenoxy) is 2. The topological polar surface area (TPSA) is 51.0 Å². The molecule has 1 aromatic carbocycles. The number of hydrogen-bond acceptors (Lipinski definition) is 6. The molecule has 0 saturated carbocycles. The quantitative estimate of drug-likeness (QED) is 0.810. The molecule has 0 amide bonds. The van der Waals surface area contributed by atoms with Crippen LogP contribution in [-0.4, -0.2) is 55.4 Å². The number of aryl methyl sites for hydroxylation is 1. The van der Waals surface area contributed by atoms with Crippen LogP contribution in [0.3, 0.4) is 0 Å². The molecule has 1 aromatic heterocycles. The second-order valence-corrected chi connectivity index (χ2v) is 6.17. The van der Waals surface area contributed by atoms with Crippen LogP contribution in [-0.2, 0) is 13.1 Å². The molecule has 0 N–H and O–H groups in total. The van der Waals surface area contributed by atoms with E-state index >= 15 is 0 Å². The van der Waals surface area contributed by atoms with Gasteiger partial charge in [-0.3, -0.25) is 9.80 Å². The number of piperazine rings is 1. The van der Waals surface area contributed by atoms with Crippen molar-refractivity contribution in [3.8, 4) is 11.5 Å². The van der Waals surface area contributed by atoms with Crippen LogP contribution in [0.4, 0.5) is 0 Å². The Bertz CT molecular complexity index is 663. The van der Waals surface area contributed by atoms with E-state index in [2.05, 4.69) is 27.1 Å². The molecule has 3 rings (SSSR count). The Hall–Kier alpha value is -2.05. The summed E-state index contributed by atoms with van der Waals surface area (Å²) in [5, 5.41) is 4.08. The van der Waals surface area contributed by atoms with Gasteiger partial charge in [0.25, 0.3) is 0 Å². The Labute approximate surface area is 142 Å². The second-order valence-electron chi connectivity index (χ2n) is 6.17. The van der Waals surface area contributed by atoms with Crippen molar-refractivity contribution in [3.63, 3.8) is 0 Å². The summed E-state index contributed by atoms with van der Waals surface area (Å²) in [6.07, 6.45) is 0. The third-order valence-corrected chi connectivity index (χ3v) is 4.38. The van der Waals surface area contributed by atoms with Gasteiger partial charge in [-0.2, -0.15) is 0 Å². The lowest BCUT2D eigenvalue weighted by molar-refractivity contribution is 0.120. The maximum atomic E-state index is 5.38. The van der Waals surface area contributed by atoms with Crippen LogP contribution >= 0.6 is 0 Å². The third kappa shape index (κ3) is 4.07. The molecule has 0 aliphatic carbocycles. The average molecular weight is 331 g/mol. The molecule has 1 aliphatic heterocycles. The molecule has 0 atom stereocenters. The van der Waals surface area contributed by atoms with Crippen LogP contribution < -0.4 is 9.47 Å². The Morgan fingerprint density at radius 1 is 0.958 bits per heavy atom. The molecule has 1 fully saturated rings. The standard InChI is InChI=1S/C18H25N3O3/c1-14-10-16(19-24-14)13-21-8-6-20(7-9-21)12-15-4-5-17(22-2)18(11-15)23-3/h4-5,10-11H,6-9,12-13H2,1-3H3. The van der Waals surface area contributed by atoms with Gasteiger partial charge >= 0.3 is 0 Å². The molecule has 0 spiro atoms. The average Bonchev–Trinajstić information content (AvgIpc) is 3.01. The number of benzene rings is 1. The number of methoxy groups -OCH3 is 2. The first-order valence-corrected chi connectivity index (χ1v) is 8.25. The minimum atomic E-state index is 0.772. The maximum Gasteiger partial charge on any atom is 0.161 e. The van der Waals surface area contributed by atoms with Gasteiger partial charge in [-0.1, -0.05) is 11.2 Å². The fraction of sp³-hybridized carbons (Fsp3) is 0.500. The predicted octanol–water partition coefficient (Wildman–Crippen LogP) is 2.32. The van der Waals surface area contributed by atoms with Crippen molar-refractivity contribution in [1.82, 2.24) is 15.0 Å². The number of hydrogen-bond donors (Lipinski definition) is 0. The molecule has 0 unspecified atom stereocenters. The van der Waals surface area contributed by atoms with Gasteiger partial charge < -0.3 is 14.0 Å². The normalized spacial score (nSPS) is 16.3. The van der Waals surface area contributed by atoms with E-state index in [-0.39, 0.29) is 0 Å². The van der Waals surface area contributed by atoms with Gasteiger partial charge in [0.05, 0.1) is 19.9 Å². The summed E-state index contributed by atoms with van der Waals surface area (Å²) >= 11 is 0. The summed E-state index contributed by atoms with van der Waals surface area (Å²) in [6, 6.07) is 8.14. The lowest BCUT2D eigenvalue weighted by atomic mass is 10.1. The Morgan fingerprint density at radius 2 is 1.62 bits per heavy atom. The van der Waals surface area contributed by atoms with Crippen molar-refractivity contribution in [2.24, 2.45) is 0 Å². The SMILES string of the molecule is COc1ccc(CN2CCN(Cc3cc(C)on3)CC2)cc1OC. The smallest absolute Gasteiger partial charge is 0.161 e. The molecular formula is C18H25N3O3. The summed E-state index contributed by atoms with van der Waals surface area (Å²) in [5.74, 6) is 2.43. The summed E-state index contributed by atoms with van der Waals surface area (Å²) in [4.78, 5) is 4.88. The van der Waals surface area contributed by atoms with Gasteiger partial charge in [-0.25, -0.2) is 0 Å². The zero-order valence-electron chi connectivity index (χ0n) is 14.6. The van der Waals surface area contributed by atoms with E-state index in [1.807, 2.05) is 19.1 Å². The summed E-state index contributed by atoms with van der Waals surface area (Å²) in [7, 11) is 3.33. The summed E-state index contributed by atoms with van der Waals surface area (Å²) in [5.41, 5.74) is 2.26. The second kappa shape index (κ2) is 7.68. The van der Waals surface area contributed by atoms with Crippen molar-refractivity contribution in [3.05, 3.63) is 41.3 Å². The van der Waals surface area contributed by atoms with Crippen molar-refractivity contribution >= 4 is 0 Å². The molecule has 1 saturated heterocycles. The van der Waals surface area contributed by atoms with Crippen LogP contribution in [0.2, 0.25) is 0 Å². The molecule has 0 bridgehead atoms. The number of nitrogens with zero attached hydrogens (tertiary/aromatic N) is 3. The van der Waals surface area contributed by atoms with Gasteiger partial charge in [-0.05, 0) is 24.6 Å². The Morgan fingerprint density at radius 3 is 2.21 bits per heavy atom. The van der Waals surface area contributed by atoms with E-state index in [9.17, 15) is 0 Å². The largest absolute Gasteiger partial charge is 0.493 e. The Balaban J connectivity index is 1.52. The highest BCUT2D eigenvalue weighted by molar-refractivity contribution is 5.42. The van der Waals surface area contributed by atoms with Crippen molar-refractivity contribution < 1.29 is 14.0 Å². The van der Waals surface area contributed by atoms with Crippen LogP contribution in [0.5, 0.6) is 11.5 Å². The highest BCUT2D eigenvalue weighted by Crippen LogP contribution is 2.28. The van der Waals surface area contributed by atoms with Crippen LogP contribution in [0.1, 0.15) is 17.0 Å². The summed E-state index contributed by atoms with van der Waals surface area (Å²) in [6.45, 7) is 7.89. The van der Waals surface area contributed by atoms with E-state index in [1.54, 1.807) is 14.2 Å². The molecule has 130 valence electrons. The first kappa shape index (κ1) is 16.8.